The minimum Gasteiger partial charge on any atom is -0.336 e. The Balaban J connectivity index is 1.98. The summed E-state index contributed by atoms with van der Waals surface area (Å²) in [5.74, 6) is 0. The van der Waals surface area contributed by atoms with E-state index >= 15 is 0 Å². The van der Waals surface area contributed by atoms with E-state index in [9.17, 15) is 14.9 Å². The molecule has 0 aliphatic heterocycles. The highest BCUT2D eigenvalue weighted by molar-refractivity contribution is 7.10. The van der Waals surface area contributed by atoms with Gasteiger partial charge in [0.05, 0.1) is 11.0 Å². The summed E-state index contributed by atoms with van der Waals surface area (Å²) in [6.45, 7) is 2.10. The van der Waals surface area contributed by atoms with Gasteiger partial charge in [-0.25, -0.2) is 4.79 Å². The maximum atomic E-state index is 12.1. The number of aryl methyl sites for hydroxylation is 1. The average molecular weight is 348 g/mol. The number of nitrogens with one attached hydrogen (secondary N) is 2. The van der Waals surface area contributed by atoms with Gasteiger partial charge in [-0.2, -0.15) is 0 Å². The zero-order valence-corrected chi connectivity index (χ0v) is 14.6. The average Bonchev–Trinajstić information content (AvgIpc) is 3.03. The van der Waals surface area contributed by atoms with Crippen molar-refractivity contribution >= 4 is 28.7 Å². The third-order valence-electron chi connectivity index (χ3n) is 3.61. The van der Waals surface area contributed by atoms with Crippen LogP contribution in [0.2, 0.25) is 0 Å². The Labute approximate surface area is 144 Å². The first-order valence-corrected chi connectivity index (χ1v) is 8.26. The normalized spacial score (nSPS) is 12.0. The van der Waals surface area contributed by atoms with E-state index in [4.69, 9.17) is 0 Å². The largest absolute Gasteiger partial charge is 0.336 e. The van der Waals surface area contributed by atoms with E-state index in [-0.39, 0.29) is 11.7 Å². The van der Waals surface area contributed by atoms with E-state index in [1.54, 1.807) is 30.4 Å². The summed E-state index contributed by atoms with van der Waals surface area (Å²) < 4.78 is 0. The molecule has 0 bridgehead atoms. The summed E-state index contributed by atoms with van der Waals surface area (Å²) in [6.07, 6.45) is 0. The zero-order chi connectivity index (χ0) is 17.7. The number of benzene rings is 1. The molecule has 2 aromatic rings. The van der Waals surface area contributed by atoms with Crippen LogP contribution in [0.4, 0.5) is 16.2 Å². The van der Waals surface area contributed by atoms with Gasteiger partial charge in [-0.05, 0) is 38.5 Å². The fourth-order valence-electron chi connectivity index (χ4n) is 2.27. The molecule has 1 heterocycles. The Morgan fingerprint density at radius 1 is 1.38 bits per heavy atom. The van der Waals surface area contributed by atoms with Gasteiger partial charge in [0.15, 0.2) is 0 Å². The smallest absolute Gasteiger partial charge is 0.319 e. The quantitative estimate of drug-likeness (QED) is 0.619. The number of rotatable bonds is 6. The lowest BCUT2D eigenvalue weighted by atomic mass is 10.2. The SMILES string of the molecule is Cc1ccc(NC(=O)NCC(c2cccs2)N(C)C)cc1[N+](=O)[O-]. The summed E-state index contributed by atoms with van der Waals surface area (Å²) in [5, 5.41) is 18.4. The highest BCUT2D eigenvalue weighted by Crippen LogP contribution is 2.23. The molecule has 8 heteroatoms. The second-order valence-electron chi connectivity index (χ2n) is 5.59. The second-order valence-corrected chi connectivity index (χ2v) is 6.57. The van der Waals surface area contributed by atoms with Gasteiger partial charge in [0.1, 0.15) is 0 Å². The van der Waals surface area contributed by atoms with Gasteiger partial charge >= 0.3 is 6.03 Å². The summed E-state index contributed by atoms with van der Waals surface area (Å²) in [4.78, 5) is 25.8. The molecule has 1 atom stereocenters. The van der Waals surface area contributed by atoms with Gasteiger partial charge in [0.25, 0.3) is 5.69 Å². The van der Waals surface area contributed by atoms with Crippen molar-refractivity contribution in [3.8, 4) is 0 Å². The van der Waals surface area contributed by atoms with Gasteiger partial charge in [-0.1, -0.05) is 12.1 Å². The first-order chi connectivity index (χ1) is 11.4. The first-order valence-electron chi connectivity index (χ1n) is 7.38. The molecule has 0 aliphatic carbocycles. The van der Waals surface area contributed by atoms with Crippen LogP contribution < -0.4 is 10.6 Å². The Bertz CT molecular complexity index is 716. The van der Waals surface area contributed by atoms with Crippen molar-refractivity contribution in [2.75, 3.05) is 26.0 Å². The first kappa shape index (κ1) is 17.9. The second kappa shape index (κ2) is 7.89. The number of anilines is 1. The minimum absolute atomic E-state index is 0.0162. The van der Waals surface area contributed by atoms with E-state index < -0.39 is 11.0 Å². The number of urea groups is 1. The summed E-state index contributed by atoms with van der Waals surface area (Å²) in [6, 6.07) is 8.30. The van der Waals surface area contributed by atoms with Crippen LogP contribution in [0.5, 0.6) is 0 Å². The molecule has 7 nitrogen and oxygen atoms in total. The number of amides is 2. The fourth-order valence-corrected chi connectivity index (χ4v) is 3.19. The molecule has 24 heavy (non-hydrogen) atoms. The summed E-state index contributed by atoms with van der Waals surface area (Å²) in [7, 11) is 3.90. The van der Waals surface area contributed by atoms with Crippen LogP contribution >= 0.6 is 11.3 Å². The lowest BCUT2D eigenvalue weighted by Crippen LogP contribution is -2.36. The van der Waals surface area contributed by atoms with Crippen LogP contribution in [0, 0.1) is 17.0 Å². The molecular weight excluding hydrogens is 328 g/mol. The van der Waals surface area contributed by atoms with Crippen LogP contribution in [0.1, 0.15) is 16.5 Å². The summed E-state index contributed by atoms with van der Waals surface area (Å²) >= 11 is 1.63. The van der Waals surface area contributed by atoms with E-state index in [1.807, 2.05) is 36.5 Å². The van der Waals surface area contributed by atoms with Crippen LogP contribution in [-0.2, 0) is 0 Å². The molecule has 2 amide bonds. The monoisotopic (exact) mass is 348 g/mol. The number of hydrogen-bond donors (Lipinski definition) is 2. The number of nitro benzene ring substituents is 1. The summed E-state index contributed by atoms with van der Waals surface area (Å²) in [5.41, 5.74) is 0.927. The van der Waals surface area contributed by atoms with Gasteiger partial charge < -0.3 is 15.5 Å². The molecule has 128 valence electrons. The van der Waals surface area contributed by atoms with Crippen molar-refractivity contribution in [2.45, 2.75) is 13.0 Å². The highest BCUT2D eigenvalue weighted by atomic mass is 32.1. The van der Waals surface area contributed by atoms with E-state index in [0.717, 1.165) is 4.88 Å². The minimum atomic E-state index is -0.461. The van der Waals surface area contributed by atoms with Crippen molar-refractivity contribution < 1.29 is 9.72 Å². The molecule has 0 saturated carbocycles. The fraction of sp³-hybridized carbons (Fsp3) is 0.312. The molecule has 0 fully saturated rings. The number of likely N-dealkylation sites (N-methyl/N-ethyl adjacent to an activating group) is 1. The number of carbonyl (C=O) groups excluding carboxylic acids is 1. The molecule has 0 spiro atoms. The number of nitrogens with zero attached hydrogens (tertiary/aromatic N) is 2. The van der Waals surface area contributed by atoms with Crippen molar-refractivity contribution in [3.63, 3.8) is 0 Å². The van der Waals surface area contributed by atoms with Gasteiger partial charge in [-0.3, -0.25) is 10.1 Å². The molecule has 0 saturated heterocycles. The van der Waals surface area contributed by atoms with Crippen molar-refractivity contribution in [1.82, 2.24) is 10.2 Å². The van der Waals surface area contributed by atoms with Crippen LogP contribution in [0.3, 0.4) is 0 Å². The molecule has 0 radical (unpaired) electrons. The molecule has 2 rings (SSSR count). The number of nitro groups is 1. The van der Waals surface area contributed by atoms with Crippen molar-refractivity contribution in [3.05, 3.63) is 56.3 Å². The van der Waals surface area contributed by atoms with Gasteiger partial charge in [0, 0.05) is 28.7 Å². The lowest BCUT2D eigenvalue weighted by Gasteiger charge is -2.23. The number of carbonyl (C=O) groups is 1. The lowest BCUT2D eigenvalue weighted by molar-refractivity contribution is -0.385. The molecule has 1 unspecified atom stereocenters. The topological polar surface area (TPSA) is 87.5 Å². The number of thiophene rings is 1. The third-order valence-corrected chi connectivity index (χ3v) is 4.59. The predicted octanol–water partition coefficient (Wildman–Crippen LogP) is 3.39. The standard InChI is InChI=1S/C16H20N4O3S/c1-11-6-7-12(9-13(11)20(22)23)18-16(21)17-10-14(19(2)3)15-5-4-8-24-15/h4-9,14H,10H2,1-3H3,(H2,17,18,21). The van der Waals surface area contributed by atoms with Gasteiger partial charge in [-0.15, -0.1) is 11.3 Å². The number of hydrogen-bond acceptors (Lipinski definition) is 5. The zero-order valence-electron chi connectivity index (χ0n) is 13.8. The third kappa shape index (κ3) is 4.53. The highest BCUT2D eigenvalue weighted by Gasteiger charge is 2.17. The predicted molar refractivity (Wildman–Crippen MR) is 95.6 cm³/mol. The molecular formula is C16H20N4O3S. The molecule has 1 aromatic heterocycles. The molecule has 0 aliphatic rings. The van der Waals surface area contributed by atoms with Crippen LogP contribution in [-0.4, -0.2) is 36.5 Å². The molecule has 1 aromatic carbocycles. The maximum absolute atomic E-state index is 12.1. The Morgan fingerprint density at radius 3 is 2.71 bits per heavy atom. The Hall–Kier alpha value is -2.45. The maximum Gasteiger partial charge on any atom is 0.319 e. The van der Waals surface area contributed by atoms with Gasteiger partial charge in [0.2, 0.25) is 0 Å². The molecule has 2 N–H and O–H groups in total. The van der Waals surface area contributed by atoms with Crippen LogP contribution in [0.25, 0.3) is 0 Å². The van der Waals surface area contributed by atoms with E-state index in [2.05, 4.69) is 10.6 Å². The van der Waals surface area contributed by atoms with E-state index in [1.165, 1.54) is 6.07 Å². The van der Waals surface area contributed by atoms with E-state index in [0.29, 0.717) is 17.8 Å². The Morgan fingerprint density at radius 2 is 2.12 bits per heavy atom. The van der Waals surface area contributed by atoms with Crippen molar-refractivity contribution in [2.24, 2.45) is 0 Å². The van der Waals surface area contributed by atoms with Crippen LogP contribution in [0.15, 0.2) is 35.7 Å². The Kier molecular flexibility index (Phi) is 5.88. The van der Waals surface area contributed by atoms with Crippen molar-refractivity contribution in [1.29, 1.82) is 0 Å².